The van der Waals surface area contributed by atoms with E-state index in [1.54, 1.807) is 17.0 Å². The van der Waals surface area contributed by atoms with Crippen molar-refractivity contribution in [1.82, 2.24) is 19.6 Å². The lowest BCUT2D eigenvalue weighted by Crippen LogP contribution is -2.37. The summed E-state index contributed by atoms with van der Waals surface area (Å²) < 4.78 is 48.5. The molecule has 1 aromatic heterocycles. The van der Waals surface area contributed by atoms with Gasteiger partial charge in [0.15, 0.2) is 5.78 Å². The molecule has 8 nitrogen and oxygen atoms in total. The largest absolute Gasteiger partial charge is 0.416 e. The molecular formula is C25H30F3N5O3. The molecule has 3 saturated heterocycles. The van der Waals surface area contributed by atoms with E-state index >= 15 is 0 Å². The first kappa shape index (κ1) is 24.8. The number of ether oxygens (including phenoxy) is 1. The second kappa shape index (κ2) is 9.51. The van der Waals surface area contributed by atoms with E-state index in [4.69, 9.17) is 4.74 Å². The van der Waals surface area contributed by atoms with Crippen LogP contribution >= 0.6 is 0 Å². The Morgan fingerprint density at radius 3 is 2.50 bits per heavy atom. The van der Waals surface area contributed by atoms with Gasteiger partial charge in [0.05, 0.1) is 18.8 Å². The maximum atomic E-state index is 14.0. The second-order valence-corrected chi connectivity index (χ2v) is 10.1. The predicted octanol–water partition coefficient (Wildman–Crippen LogP) is 3.51. The summed E-state index contributed by atoms with van der Waals surface area (Å²) in [5, 5.41) is 4.06. The van der Waals surface area contributed by atoms with Gasteiger partial charge in [0, 0.05) is 63.5 Å². The minimum absolute atomic E-state index is 0.141. The Balaban J connectivity index is 1.26. The normalized spacial score (nSPS) is 23.1. The molecule has 1 unspecified atom stereocenters. The van der Waals surface area contributed by atoms with E-state index in [1.165, 1.54) is 29.9 Å². The van der Waals surface area contributed by atoms with Crippen molar-refractivity contribution < 1.29 is 27.5 Å². The molecule has 1 atom stereocenters. The van der Waals surface area contributed by atoms with Gasteiger partial charge in [0.2, 0.25) is 0 Å². The van der Waals surface area contributed by atoms with Crippen LogP contribution in [-0.2, 0) is 17.5 Å². The second-order valence-electron chi connectivity index (χ2n) is 10.1. The number of nitrogens with zero attached hydrogens (tertiary/aromatic N) is 5. The molecule has 5 rings (SSSR count). The maximum Gasteiger partial charge on any atom is 0.416 e. The zero-order valence-electron chi connectivity index (χ0n) is 20.3. The molecule has 1 aromatic carbocycles. The van der Waals surface area contributed by atoms with Gasteiger partial charge in [-0.3, -0.25) is 9.69 Å². The Morgan fingerprint density at radius 2 is 1.81 bits per heavy atom. The summed E-state index contributed by atoms with van der Waals surface area (Å²) in [6.07, 6.45) is -1.33. The van der Waals surface area contributed by atoms with Crippen molar-refractivity contribution in [2.75, 3.05) is 57.4 Å². The first-order chi connectivity index (χ1) is 17.1. The molecule has 0 saturated carbocycles. The van der Waals surface area contributed by atoms with Crippen LogP contribution in [0.25, 0.3) is 0 Å². The monoisotopic (exact) mass is 505 g/mol. The van der Waals surface area contributed by atoms with E-state index in [0.29, 0.717) is 58.2 Å². The lowest BCUT2D eigenvalue weighted by atomic mass is 9.86. The molecule has 3 aliphatic heterocycles. The molecule has 0 aliphatic carbocycles. The molecule has 3 fully saturated rings. The number of aromatic nitrogens is 2. The number of Topliss-reactive ketones (excluding diaryl/α,β-unsaturated/α-hetero) is 1. The zero-order chi connectivity index (χ0) is 25.5. The van der Waals surface area contributed by atoms with Crippen LogP contribution in [0, 0.1) is 5.41 Å². The predicted molar refractivity (Wildman–Crippen MR) is 126 cm³/mol. The molecule has 3 aliphatic rings. The van der Waals surface area contributed by atoms with Crippen molar-refractivity contribution >= 4 is 17.5 Å². The van der Waals surface area contributed by atoms with Gasteiger partial charge in [-0.25, -0.2) is 4.79 Å². The Hall–Kier alpha value is -2.92. The highest BCUT2D eigenvalue weighted by molar-refractivity contribution is 5.92. The number of ketones is 1. The van der Waals surface area contributed by atoms with Crippen molar-refractivity contribution in [2.24, 2.45) is 5.41 Å². The molecular weight excluding hydrogens is 475 g/mol. The van der Waals surface area contributed by atoms with Gasteiger partial charge in [-0.2, -0.15) is 23.0 Å². The molecule has 0 N–H and O–H groups in total. The highest BCUT2D eigenvalue weighted by Gasteiger charge is 2.45. The number of rotatable bonds is 4. The number of carbonyl (C=O) groups excluding carboxylic acids is 2. The van der Waals surface area contributed by atoms with Crippen LogP contribution in [-0.4, -0.2) is 83.9 Å². The molecule has 2 aromatic rings. The van der Waals surface area contributed by atoms with Gasteiger partial charge in [0.25, 0.3) is 0 Å². The first-order valence-electron chi connectivity index (χ1n) is 12.2. The maximum absolute atomic E-state index is 14.0. The fourth-order valence-electron chi connectivity index (χ4n) is 5.58. The standard InChI is InChI=1S/C25H30F3N5O3/c1-18(34)22-4-7-33(29-22)23(35)32-9-6-24(17-32)5-8-30(16-24)15-19-2-3-20(14-21(19)25(26,27)28)31-10-12-36-13-11-31/h2-4,7,14H,5-6,8-13,15-17H2,1H3. The summed E-state index contributed by atoms with van der Waals surface area (Å²) in [7, 11) is 0. The topological polar surface area (TPSA) is 70.9 Å². The summed E-state index contributed by atoms with van der Waals surface area (Å²) >= 11 is 0. The Bertz CT molecular complexity index is 1140. The van der Waals surface area contributed by atoms with Crippen LogP contribution < -0.4 is 4.90 Å². The Morgan fingerprint density at radius 1 is 1.06 bits per heavy atom. The van der Waals surface area contributed by atoms with Crippen molar-refractivity contribution in [2.45, 2.75) is 32.5 Å². The third-order valence-electron chi connectivity index (χ3n) is 7.54. The number of halogens is 3. The van der Waals surface area contributed by atoms with E-state index < -0.39 is 11.7 Å². The van der Waals surface area contributed by atoms with Gasteiger partial charge in [-0.15, -0.1) is 0 Å². The quantitative estimate of drug-likeness (QED) is 0.593. The van der Waals surface area contributed by atoms with Crippen LogP contribution in [0.3, 0.4) is 0 Å². The number of carbonyl (C=O) groups is 2. The summed E-state index contributed by atoms with van der Waals surface area (Å²) in [4.78, 5) is 30.1. The van der Waals surface area contributed by atoms with Gasteiger partial charge in [-0.05, 0) is 43.1 Å². The number of anilines is 1. The summed E-state index contributed by atoms with van der Waals surface area (Å²) in [6.45, 7) is 6.20. The number of alkyl halides is 3. The third-order valence-corrected chi connectivity index (χ3v) is 7.54. The molecule has 1 spiro atoms. The van der Waals surface area contributed by atoms with Gasteiger partial charge >= 0.3 is 12.2 Å². The summed E-state index contributed by atoms with van der Waals surface area (Å²) in [6, 6.07) is 5.88. The SMILES string of the molecule is CC(=O)c1ccn(C(=O)N2CCC3(CCN(Cc4ccc(N5CCOCC5)cc4C(F)(F)F)C3)C2)n1. The highest BCUT2D eigenvalue weighted by Crippen LogP contribution is 2.41. The van der Waals surface area contributed by atoms with Crippen LogP contribution in [0.4, 0.5) is 23.7 Å². The van der Waals surface area contributed by atoms with E-state index in [1.807, 2.05) is 4.90 Å². The summed E-state index contributed by atoms with van der Waals surface area (Å²) in [5.74, 6) is -0.206. The minimum atomic E-state index is -4.44. The fraction of sp³-hybridized carbons (Fsp3) is 0.560. The number of hydrogen-bond acceptors (Lipinski definition) is 6. The van der Waals surface area contributed by atoms with Crippen LogP contribution in [0.5, 0.6) is 0 Å². The first-order valence-corrected chi connectivity index (χ1v) is 12.2. The van der Waals surface area contributed by atoms with Gasteiger partial charge in [0.1, 0.15) is 5.69 Å². The number of hydrogen-bond donors (Lipinski definition) is 0. The van der Waals surface area contributed by atoms with Crippen molar-refractivity contribution in [3.63, 3.8) is 0 Å². The van der Waals surface area contributed by atoms with E-state index in [9.17, 15) is 22.8 Å². The molecule has 194 valence electrons. The lowest BCUT2D eigenvalue weighted by Gasteiger charge is -2.30. The molecule has 0 bridgehead atoms. The highest BCUT2D eigenvalue weighted by atomic mass is 19.4. The van der Waals surface area contributed by atoms with E-state index in [0.717, 1.165) is 12.8 Å². The number of likely N-dealkylation sites (tertiary alicyclic amines) is 2. The number of amides is 1. The summed E-state index contributed by atoms with van der Waals surface area (Å²) in [5.41, 5.74) is 0.359. The van der Waals surface area contributed by atoms with Gasteiger partial charge in [-0.1, -0.05) is 6.07 Å². The molecule has 4 heterocycles. The third kappa shape index (κ3) is 4.99. The van der Waals surface area contributed by atoms with E-state index in [2.05, 4.69) is 10.00 Å². The number of morpholine rings is 1. The molecule has 0 radical (unpaired) electrons. The van der Waals surface area contributed by atoms with Crippen molar-refractivity contribution in [3.05, 3.63) is 47.3 Å². The van der Waals surface area contributed by atoms with Crippen LogP contribution in [0.15, 0.2) is 30.5 Å². The average molecular weight is 506 g/mol. The number of benzene rings is 1. The van der Waals surface area contributed by atoms with Crippen LogP contribution in [0.2, 0.25) is 0 Å². The molecule has 11 heteroatoms. The molecule has 36 heavy (non-hydrogen) atoms. The van der Waals surface area contributed by atoms with Crippen molar-refractivity contribution in [1.29, 1.82) is 0 Å². The van der Waals surface area contributed by atoms with E-state index in [-0.39, 0.29) is 35.0 Å². The smallest absolute Gasteiger partial charge is 0.378 e. The van der Waals surface area contributed by atoms with Gasteiger partial charge < -0.3 is 14.5 Å². The van der Waals surface area contributed by atoms with Crippen molar-refractivity contribution in [3.8, 4) is 0 Å². The minimum Gasteiger partial charge on any atom is -0.378 e. The Kier molecular flexibility index (Phi) is 6.54. The van der Waals surface area contributed by atoms with Crippen LogP contribution in [0.1, 0.15) is 41.4 Å². The lowest BCUT2D eigenvalue weighted by molar-refractivity contribution is -0.138. The Labute approximate surface area is 207 Å². The zero-order valence-corrected chi connectivity index (χ0v) is 20.3. The fourth-order valence-corrected chi connectivity index (χ4v) is 5.58. The molecule has 1 amide bonds. The average Bonchev–Trinajstić information content (AvgIpc) is 3.60.